The predicted octanol–water partition coefficient (Wildman–Crippen LogP) is 2.65. The second-order valence-corrected chi connectivity index (χ2v) is 5.46. The van der Waals surface area contributed by atoms with E-state index < -0.39 is 12.0 Å². The molecule has 0 bridgehead atoms. The summed E-state index contributed by atoms with van der Waals surface area (Å²) in [6, 6.07) is 14.9. The molecule has 2 aromatic rings. The zero-order valence-electron chi connectivity index (χ0n) is 13.9. The molecule has 0 aliphatic rings. The van der Waals surface area contributed by atoms with E-state index in [9.17, 15) is 4.79 Å². The van der Waals surface area contributed by atoms with Crippen molar-refractivity contribution >= 4 is 5.97 Å². The Bertz CT molecular complexity index is 755. The number of carbonyl (C=O) groups excluding carboxylic acids is 1. The molecule has 5 nitrogen and oxygen atoms in total. The van der Waals surface area contributed by atoms with E-state index >= 15 is 0 Å². The zero-order chi connectivity index (χ0) is 17.4. The van der Waals surface area contributed by atoms with Crippen molar-refractivity contribution in [3.63, 3.8) is 0 Å². The number of rotatable bonds is 6. The van der Waals surface area contributed by atoms with Crippen LogP contribution in [0.4, 0.5) is 0 Å². The van der Waals surface area contributed by atoms with Crippen LogP contribution >= 0.6 is 0 Å². The van der Waals surface area contributed by atoms with Crippen LogP contribution < -0.4 is 5.36 Å². The molecule has 124 valence electrons. The first-order valence-electron chi connectivity index (χ1n) is 7.96. The number of benzene rings is 1. The van der Waals surface area contributed by atoms with Crippen molar-refractivity contribution in [2.75, 3.05) is 6.61 Å². The van der Waals surface area contributed by atoms with Crippen molar-refractivity contribution < 1.29 is 9.53 Å². The van der Waals surface area contributed by atoms with E-state index in [1.54, 1.807) is 19.1 Å². The summed E-state index contributed by atoms with van der Waals surface area (Å²) >= 11 is 0. The average molecular weight is 323 g/mol. The van der Waals surface area contributed by atoms with Crippen LogP contribution in [0, 0.1) is 11.3 Å². The minimum atomic E-state index is -1.12. The van der Waals surface area contributed by atoms with Gasteiger partial charge >= 0.3 is 5.97 Å². The lowest BCUT2D eigenvalue weighted by Crippen LogP contribution is -2.23. The molecule has 0 aliphatic carbocycles. The third kappa shape index (κ3) is 4.82. The summed E-state index contributed by atoms with van der Waals surface area (Å²) < 4.78 is 6.92. The molecule has 0 spiro atoms. The number of esters is 1. The van der Waals surface area contributed by atoms with Crippen LogP contribution in [0.3, 0.4) is 0 Å². The summed E-state index contributed by atoms with van der Waals surface area (Å²) in [5, 5.41) is 9.62. The lowest BCUT2D eigenvalue weighted by atomic mass is 10.1. The summed E-state index contributed by atoms with van der Waals surface area (Å²) in [7, 11) is 0. The number of nitriles is 1. The molecule has 2 unspecified atom stereocenters. The summed E-state index contributed by atoms with van der Waals surface area (Å²) in [5.41, 5.74) is 1.28. The maximum atomic E-state index is 11.6. The highest BCUT2D eigenvalue weighted by Gasteiger charge is 2.16. The van der Waals surface area contributed by atoms with Gasteiger partial charge in [-0.05, 0) is 38.0 Å². The van der Waals surface area contributed by atoms with Gasteiger partial charge in [-0.15, -0.1) is 0 Å². The Labute approximate surface area is 141 Å². The van der Waals surface area contributed by atoms with Crippen molar-refractivity contribution in [1.82, 2.24) is 4.57 Å². The summed E-state index contributed by atoms with van der Waals surface area (Å²) in [4.78, 5) is 15.7. The highest BCUT2D eigenvalue weighted by atomic mass is 16.5. The quantitative estimate of drug-likeness (QED) is 0.768. The highest BCUT2D eigenvalue weighted by molar-refractivity contribution is 5.79. The van der Waals surface area contributed by atoms with E-state index in [1.165, 1.54) is 5.56 Å². The predicted molar refractivity (Wildman–Crippen MR) is 90.9 cm³/mol. The molecular weight excluding hydrogens is 302 g/mol. The number of ether oxygens (including phenoxy) is 1. The molecule has 0 amide bonds. The smallest absolute Gasteiger partial charge is 0.345 e. The molecule has 0 N–H and O–H groups in total. The molecule has 0 aliphatic heterocycles. The molecule has 0 radical (unpaired) electrons. The fourth-order valence-electron chi connectivity index (χ4n) is 2.38. The van der Waals surface area contributed by atoms with Gasteiger partial charge in [0.15, 0.2) is 0 Å². The molecule has 2 rings (SSSR count). The maximum absolute atomic E-state index is 11.6. The van der Waals surface area contributed by atoms with Crippen LogP contribution in [0.25, 0.3) is 0 Å². The van der Waals surface area contributed by atoms with Crippen LogP contribution in [-0.4, -0.2) is 23.2 Å². The van der Waals surface area contributed by atoms with Gasteiger partial charge in [-0.1, -0.05) is 30.3 Å². The van der Waals surface area contributed by atoms with Crippen LogP contribution in [0.1, 0.15) is 25.5 Å². The van der Waals surface area contributed by atoms with Crippen molar-refractivity contribution in [3.05, 3.63) is 65.8 Å². The topological polar surface area (TPSA) is 67.4 Å². The normalized spacial score (nSPS) is 12.7. The molecule has 0 saturated heterocycles. The first-order valence-corrected chi connectivity index (χ1v) is 7.96. The number of hydrogen-bond donors (Lipinski definition) is 0. The van der Waals surface area contributed by atoms with Gasteiger partial charge in [0.25, 0.3) is 0 Å². The van der Waals surface area contributed by atoms with Crippen LogP contribution in [0.2, 0.25) is 0 Å². The standard InChI is InChI=1S/C19H21N3O2/c1-3-24-19(23)18(14-20)21-17-9-11-22(12-10-17)15(2)13-16-7-5-4-6-8-16/h4-12,15,18H,3,13H2,1-2H3. The molecule has 1 aromatic heterocycles. The number of carbonyl (C=O) groups is 1. The van der Waals surface area contributed by atoms with Gasteiger partial charge in [-0.3, -0.25) is 4.99 Å². The average Bonchev–Trinajstić information content (AvgIpc) is 2.61. The lowest BCUT2D eigenvalue weighted by Gasteiger charge is -2.15. The summed E-state index contributed by atoms with van der Waals surface area (Å²) in [6.07, 6.45) is 4.74. The Kier molecular flexibility index (Phi) is 6.32. The van der Waals surface area contributed by atoms with Gasteiger partial charge in [0.05, 0.1) is 12.0 Å². The SMILES string of the molecule is CCOC(=O)C(C#N)N=c1ccn(C(C)Cc2ccccc2)cc1. The third-order valence-electron chi connectivity index (χ3n) is 3.63. The molecule has 5 heteroatoms. The molecule has 2 atom stereocenters. The van der Waals surface area contributed by atoms with E-state index in [0.29, 0.717) is 11.4 Å². The molecule has 0 fully saturated rings. The Morgan fingerprint density at radius 3 is 2.50 bits per heavy atom. The molecular formula is C19H21N3O2. The van der Waals surface area contributed by atoms with Crippen molar-refractivity contribution in [2.24, 2.45) is 4.99 Å². The Hall–Kier alpha value is -2.87. The van der Waals surface area contributed by atoms with Gasteiger partial charge < -0.3 is 9.30 Å². The monoisotopic (exact) mass is 323 g/mol. The van der Waals surface area contributed by atoms with Crippen LogP contribution in [0.15, 0.2) is 59.9 Å². The van der Waals surface area contributed by atoms with Gasteiger partial charge in [0, 0.05) is 18.4 Å². The second-order valence-electron chi connectivity index (χ2n) is 5.46. The van der Waals surface area contributed by atoms with Gasteiger partial charge in [0.1, 0.15) is 6.07 Å². The van der Waals surface area contributed by atoms with Crippen molar-refractivity contribution in [1.29, 1.82) is 5.26 Å². The van der Waals surface area contributed by atoms with E-state index in [1.807, 2.05) is 36.7 Å². The number of pyridine rings is 1. The summed E-state index contributed by atoms with van der Waals surface area (Å²) in [6.45, 7) is 4.07. The first kappa shape index (κ1) is 17.5. The number of nitrogens with zero attached hydrogens (tertiary/aromatic N) is 3. The van der Waals surface area contributed by atoms with Gasteiger partial charge in [-0.25, -0.2) is 4.79 Å². The second kappa shape index (κ2) is 8.68. The molecule has 1 aromatic carbocycles. The first-order chi connectivity index (χ1) is 11.6. The fourth-order valence-corrected chi connectivity index (χ4v) is 2.38. The minimum absolute atomic E-state index is 0.234. The Balaban J connectivity index is 2.10. The van der Waals surface area contributed by atoms with E-state index in [0.717, 1.165) is 6.42 Å². The molecule has 24 heavy (non-hydrogen) atoms. The molecule has 1 heterocycles. The largest absolute Gasteiger partial charge is 0.464 e. The third-order valence-corrected chi connectivity index (χ3v) is 3.63. The van der Waals surface area contributed by atoms with Gasteiger partial charge in [-0.2, -0.15) is 5.26 Å². The van der Waals surface area contributed by atoms with E-state index in [-0.39, 0.29) is 6.61 Å². The summed E-state index contributed by atoms with van der Waals surface area (Å²) in [5.74, 6) is -0.617. The highest BCUT2D eigenvalue weighted by Crippen LogP contribution is 2.12. The Morgan fingerprint density at radius 2 is 1.92 bits per heavy atom. The number of aromatic nitrogens is 1. The van der Waals surface area contributed by atoms with Crippen LogP contribution in [0.5, 0.6) is 0 Å². The zero-order valence-corrected chi connectivity index (χ0v) is 13.9. The minimum Gasteiger partial charge on any atom is -0.464 e. The molecule has 0 saturated carbocycles. The fraction of sp³-hybridized carbons (Fsp3) is 0.316. The van der Waals surface area contributed by atoms with Crippen molar-refractivity contribution in [3.8, 4) is 6.07 Å². The lowest BCUT2D eigenvalue weighted by molar-refractivity contribution is -0.143. The maximum Gasteiger partial charge on any atom is 0.345 e. The van der Waals surface area contributed by atoms with Crippen LogP contribution in [-0.2, 0) is 16.0 Å². The number of hydrogen-bond acceptors (Lipinski definition) is 4. The van der Waals surface area contributed by atoms with E-state index in [2.05, 4.69) is 28.6 Å². The van der Waals surface area contributed by atoms with E-state index in [4.69, 9.17) is 10.00 Å². The van der Waals surface area contributed by atoms with Gasteiger partial charge in [0.2, 0.25) is 6.04 Å². The Morgan fingerprint density at radius 1 is 1.25 bits per heavy atom. The van der Waals surface area contributed by atoms with Crippen molar-refractivity contribution in [2.45, 2.75) is 32.4 Å².